The lowest BCUT2D eigenvalue weighted by Gasteiger charge is -2.07. The fourth-order valence-electron chi connectivity index (χ4n) is 1.20. The van der Waals surface area contributed by atoms with Crippen LogP contribution in [-0.2, 0) is 19.7 Å². The molecule has 1 fully saturated rings. The quantitative estimate of drug-likeness (QED) is 0.706. The molecular formula is C8H8FNO4S. The van der Waals surface area contributed by atoms with Crippen LogP contribution in [0.25, 0.3) is 0 Å². The Balaban J connectivity index is 2.24. The van der Waals surface area contributed by atoms with Gasteiger partial charge in [-0.15, -0.1) is 3.89 Å². The summed E-state index contributed by atoms with van der Waals surface area (Å²) in [6, 6.07) is 2.49. The summed E-state index contributed by atoms with van der Waals surface area (Å²) >= 11 is 0. The number of ether oxygens (including phenoxy) is 2. The third-order valence-corrected chi connectivity index (χ3v) is 2.71. The van der Waals surface area contributed by atoms with Crippen molar-refractivity contribution in [3.63, 3.8) is 0 Å². The number of aromatic nitrogens is 1. The number of nitrogens with zero attached hydrogens (tertiary/aromatic N) is 1. The van der Waals surface area contributed by atoms with Gasteiger partial charge in [0.2, 0.25) is 6.29 Å². The zero-order valence-electron chi connectivity index (χ0n) is 7.59. The number of hydrogen-bond acceptors (Lipinski definition) is 5. The maximum atomic E-state index is 12.5. The third-order valence-electron chi connectivity index (χ3n) is 1.90. The lowest BCUT2D eigenvalue weighted by atomic mass is 10.3. The third kappa shape index (κ3) is 2.31. The lowest BCUT2D eigenvalue weighted by molar-refractivity contribution is -0.0473. The summed E-state index contributed by atoms with van der Waals surface area (Å²) in [6.07, 6.45) is 0.358. The van der Waals surface area contributed by atoms with Gasteiger partial charge in [-0.1, -0.05) is 0 Å². The molecule has 0 N–H and O–H groups in total. The Morgan fingerprint density at radius 1 is 1.33 bits per heavy atom. The van der Waals surface area contributed by atoms with Crippen LogP contribution in [0.15, 0.2) is 23.2 Å². The van der Waals surface area contributed by atoms with Crippen LogP contribution in [0.2, 0.25) is 0 Å². The van der Waals surface area contributed by atoms with Gasteiger partial charge in [-0.25, -0.2) is 0 Å². The van der Waals surface area contributed by atoms with E-state index in [1.807, 2.05) is 0 Å². The molecule has 82 valence electrons. The van der Waals surface area contributed by atoms with Crippen LogP contribution in [0.5, 0.6) is 0 Å². The molecule has 0 atom stereocenters. The molecule has 0 radical (unpaired) electrons. The van der Waals surface area contributed by atoms with Crippen LogP contribution >= 0.6 is 0 Å². The van der Waals surface area contributed by atoms with Crippen molar-refractivity contribution in [3.8, 4) is 0 Å². The highest BCUT2D eigenvalue weighted by molar-refractivity contribution is 7.86. The molecule has 1 aliphatic rings. The second-order valence-corrected chi connectivity index (χ2v) is 4.28. The molecule has 0 aromatic carbocycles. The van der Waals surface area contributed by atoms with E-state index >= 15 is 0 Å². The Morgan fingerprint density at radius 2 is 2.00 bits per heavy atom. The smallest absolute Gasteiger partial charge is 0.333 e. The Labute approximate surface area is 86.1 Å². The van der Waals surface area contributed by atoms with Gasteiger partial charge in [-0.3, -0.25) is 4.98 Å². The first-order valence-electron chi connectivity index (χ1n) is 4.21. The van der Waals surface area contributed by atoms with Crippen molar-refractivity contribution in [2.45, 2.75) is 11.2 Å². The van der Waals surface area contributed by atoms with Gasteiger partial charge < -0.3 is 9.47 Å². The van der Waals surface area contributed by atoms with Gasteiger partial charge in [0.25, 0.3) is 0 Å². The summed E-state index contributed by atoms with van der Waals surface area (Å²) in [5.41, 5.74) is 0.430. The molecule has 0 unspecified atom stereocenters. The summed E-state index contributed by atoms with van der Waals surface area (Å²) < 4.78 is 43.8. The first kappa shape index (κ1) is 10.5. The molecule has 0 bridgehead atoms. The second kappa shape index (κ2) is 3.84. The SMILES string of the molecule is O=S(=O)(F)c1ccc(C2OCCO2)nc1. The summed E-state index contributed by atoms with van der Waals surface area (Å²) in [5, 5.41) is 0. The molecule has 1 aromatic heterocycles. The maximum Gasteiger partial charge on any atom is 0.333 e. The second-order valence-electron chi connectivity index (χ2n) is 2.93. The standard InChI is InChI=1S/C8H8FNO4S/c9-15(11,12)6-1-2-7(10-5-6)8-13-3-4-14-8/h1-2,5,8H,3-4H2. The maximum absolute atomic E-state index is 12.5. The molecule has 0 spiro atoms. The highest BCUT2D eigenvalue weighted by Crippen LogP contribution is 2.22. The number of hydrogen-bond donors (Lipinski definition) is 0. The fraction of sp³-hybridized carbons (Fsp3) is 0.375. The minimum atomic E-state index is -4.69. The van der Waals surface area contributed by atoms with Crippen LogP contribution in [0.1, 0.15) is 12.0 Å². The monoisotopic (exact) mass is 233 g/mol. The van der Waals surface area contributed by atoms with E-state index in [1.54, 1.807) is 0 Å². The lowest BCUT2D eigenvalue weighted by Crippen LogP contribution is -2.02. The van der Waals surface area contributed by atoms with Gasteiger partial charge in [0, 0.05) is 6.20 Å². The minimum Gasteiger partial charge on any atom is -0.345 e. The number of halogens is 1. The van der Waals surface area contributed by atoms with E-state index in [4.69, 9.17) is 9.47 Å². The van der Waals surface area contributed by atoms with Crippen LogP contribution in [0.4, 0.5) is 3.89 Å². The molecule has 0 amide bonds. The Morgan fingerprint density at radius 3 is 2.47 bits per heavy atom. The predicted molar refractivity (Wildman–Crippen MR) is 47.2 cm³/mol. The van der Waals surface area contributed by atoms with Crippen molar-refractivity contribution in [1.82, 2.24) is 4.98 Å². The molecule has 7 heteroatoms. The van der Waals surface area contributed by atoms with E-state index in [9.17, 15) is 12.3 Å². The van der Waals surface area contributed by atoms with Gasteiger partial charge in [-0.2, -0.15) is 8.42 Å². The first-order chi connectivity index (χ1) is 7.07. The van der Waals surface area contributed by atoms with E-state index in [2.05, 4.69) is 4.98 Å². The first-order valence-corrected chi connectivity index (χ1v) is 5.59. The summed E-state index contributed by atoms with van der Waals surface area (Å²) in [6.45, 7) is 0.936. The molecule has 0 saturated carbocycles. The van der Waals surface area contributed by atoms with Gasteiger partial charge in [-0.05, 0) is 12.1 Å². The van der Waals surface area contributed by atoms with Gasteiger partial charge in [0.1, 0.15) is 4.90 Å². The molecule has 0 aliphatic carbocycles. The number of rotatable bonds is 2. The average molecular weight is 233 g/mol. The molecule has 1 aliphatic heterocycles. The van der Waals surface area contributed by atoms with Crippen LogP contribution in [-0.4, -0.2) is 26.6 Å². The molecule has 15 heavy (non-hydrogen) atoms. The highest BCUT2D eigenvalue weighted by atomic mass is 32.3. The number of pyridine rings is 1. The van der Waals surface area contributed by atoms with Crippen LogP contribution in [0, 0.1) is 0 Å². The molecule has 2 heterocycles. The van der Waals surface area contributed by atoms with E-state index in [-0.39, 0.29) is 0 Å². The largest absolute Gasteiger partial charge is 0.345 e. The summed E-state index contributed by atoms with van der Waals surface area (Å²) in [7, 11) is -4.69. The average Bonchev–Trinajstić information content (AvgIpc) is 2.69. The van der Waals surface area contributed by atoms with Gasteiger partial charge >= 0.3 is 10.2 Å². The Kier molecular flexibility index (Phi) is 2.68. The highest BCUT2D eigenvalue weighted by Gasteiger charge is 2.20. The molecule has 5 nitrogen and oxygen atoms in total. The fourth-order valence-corrected chi connectivity index (χ4v) is 1.61. The van der Waals surface area contributed by atoms with E-state index in [0.717, 1.165) is 12.3 Å². The Hall–Kier alpha value is -1.05. The normalized spacial score (nSPS) is 18.2. The van der Waals surface area contributed by atoms with Gasteiger partial charge in [0.15, 0.2) is 0 Å². The van der Waals surface area contributed by atoms with Crippen molar-refractivity contribution in [1.29, 1.82) is 0 Å². The van der Waals surface area contributed by atoms with Crippen LogP contribution < -0.4 is 0 Å². The topological polar surface area (TPSA) is 65.5 Å². The predicted octanol–water partition coefficient (Wildman–Crippen LogP) is 0.785. The summed E-state index contributed by atoms with van der Waals surface area (Å²) in [4.78, 5) is 3.29. The van der Waals surface area contributed by atoms with Crippen molar-refractivity contribution in [2.24, 2.45) is 0 Å². The van der Waals surface area contributed by atoms with Crippen molar-refractivity contribution < 1.29 is 21.8 Å². The van der Waals surface area contributed by atoms with Crippen LogP contribution in [0.3, 0.4) is 0 Å². The zero-order valence-corrected chi connectivity index (χ0v) is 8.41. The molecule has 2 rings (SSSR count). The van der Waals surface area contributed by atoms with E-state index < -0.39 is 21.4 Å². The van der Waals surface area contributed by atoms with Crippen molar-refractivity contribution in [3.05, 3.63) is 24.0 Å². The van der Waals surface area contributed by atoms with E-state index in [1.165, 1.54) is 6.07 Å². The van der Waals surface area contributed by atoms with Crippen molar-refractivity contribution >= 4 is 10.2 Å². The van der Waals surface area contributed by atoms with E-state index in [0.29, 0.717) is 18.9 Å². The zero-order chi connectivity index (χ0) is 10.9. The molecule has 1 aromatic rings. The Bertz CT molecular complexity index is 438. The molecule has 1 saturated heterocycles. The minimum absolute atomic E-state index is 0.430. The van der Waals surface area contributed by atoms with Gasteiger partial charge in [0.05, 0.1) is 18.9 Å². The summed E-state index contributed by atoms with van der Waals surface area (Å²) in [5.74, 6) is 0. The van der Waals surface area contributed by atoms with Crippen molar-refractivity contribution in [2.75, 3.05) is 13.2 Å². The molecular weight excluding hydrogens is 225 g/mol.